The third-order valence-electron chi connectivity index (χ3n) is 2.58. The summed E-state index contributed by atoms with van der Waals surface area (Å²) in [6.07, 6.45) is 0.832. The number of carboxylic acid groups (broad SMARTS) is 1. The fraction of sp³-hybridized carbons (Fsp3) is 0.417. The van der Waals surface area contributed by atoms with E-state index in [1.165, 1.54) is 7.05 Å². The Kier molecular flexibility index (Phi) is 4.86. The van der Waals surface area contributed by atoms with Gasteiger partial charge in [-0.05, 0) is 17.5 Å². The van der Waals surface area contributed by atoms with E-state index in [1.54, 1.807) is 12.1 Å². The molecule has 0 bridgehead atoms. The lowest BCUT2D eigenvalue weighted by Crippen LogP contribution is -2.32. The van der Waals surface area contributed by atoms with Gasteiger partial charge in [0, 0.05) is 7.05 Å². The Morgan fingerprint density at radius 3 is 2.50 bits per heavy atom. The van der Waals surface area contributed by atoms with Crippen molar-refractivity contribution in [1.29, 1.82) is 0 Å². The molecule has 6 heteroatoms. The molecule has 0 aliphatic rings. The van der Waals surface area contributed by atoms with Crippen LogP contribution in [0.25, 0.3) is 0 Å². The van der Waals surface area contributed by atoms with Crippen LogP contribution in [0, 0.1) is 0 Å². The lowest BCUT2D eigenvalue weighted by Gasteiger charge is -2.15. The van der Waals surface area contributed by atoms with E-state index in [0.717, 1.165) is 16.3 Å². The van der Waals surface area contributed by atoms with E-state index >= 15 is 0 Å². The number of hydrogen-bond acceptors (Lipinski definition) is 3. The minimum absolute atomic E-state index is 0.176. The summed E-state index contributed by atoms with van der Waals surface area (Å²) in [5, 5.41) is 8.59. The summed E-state index contributed by atoms with van der Waals surface area (Å²) < 4.78 is 24.7. The smallest absolute Gasteiger partial charge is 0.318 e. The van der Waals surface area contributed by atoms with Crippen molar-refractivity contribution in [3.63, 3.8) is 0 Å². The zero-order chi connectivity index (χ0) is 13.8. The fourth-order valence-electron chi connectivity index (χ4n) is 1.55. The molecule has 18 heavy (non-hydrogen) atoms. The number of hydrogen-bond donors (Lipinski definition) is 1. The molecule has 0 aromatic heterocycles. The van der Waals surface area contributed by atoms with Crippen molar-refractivity contribution < 1.29 is 18.3 Å². The van der Waals surface area contributed by atoms with Gasteiger partial charge in [-0.1, -0.05) is 31.2 Å². The monoisotopic (exact) mass is 271 g/mol. The maximum atomic E-state index is 11.9. The van der Waals surface area contributed by atoms with Gasteiger partial charge in [-0.25, -0.2) is 8.42 Å². The van der Waals surface area contributed by atoms with Crippen LogP contribution in [0.15, 0.2) is 24.3 Å². The first kappa shape index (κ1) is 14.7. The minimum Gasteiger partial charge on any atom is -0.480 e. The Morgan fingerprint density at radius 2 is 1.94 bits per heavy atom. The number of carbonyl (C=O) groups is 1. The average Bonchev–Trinajstić information content (AvgIpc) is 2.27. The summed E-state index contributed by atoms with van der Waals surface area (Å²) in [5.41, 5.74) is 1.73. The Labute approximate surface area is 107 Å². The molecule has 1 aromatic carbocycles. The van der Waals surface area contributed by atoms with Crippen molar-refractivity contribution >= 4 is 16.0 Å². The zero-order valence-corrected chi connectivity index (χ0v) is 11.3. The number of likely N-dealkylation sites (N-methyl/N-ethyl adjacent to an activating group) is 1. The van der Waals surface area contributed by atoms with Crippen LogP contribution < -0.4 is 0 Å². The summed E-state index contributed by atoms with van der Waals surface area (Å²) in [6, 6.07) is 7.29. The first-order chi connectivity index (χ1) is 8.35. The number of rotatable bonds is 6. The van der Waals surface area contributed by atoms with Gasteiger partial charge in [-0.2, -0.15) is 4.31 Å². The lowest BCUT2D eigenvalue weighted by molar-refractivity contribution is -0.137. The molecule has 1 aromatic rings. The standard InChI is InChI=1S/C12H17NO4S/c1-3-10-5-4-6-11(7-10)9-18(16,17)13(2)8-12(14)15/h4-7H,3,8-9H2,1-2H3,(H,14,15). The Balaban J connectivity index is 2.84. The van der Waals surface area contributed by atoms with Crippen LogP contribution in [0.5, 0.6) is 0 Å². The molecule has 0 aliphatic carbocycles. The maximum Gasteiger partial charge on any atom is 0.318 e. The summed E-state index contributed by atoms with van der Waals surface area (Å²) in [7, 11) is -2.31. The van der Waals surface area contributed by atoms with Crippen LogP contribution in [0.2, 0.25) is 0 Å². The molecule has 0 aliphatic heterocycles. The first-order valence-electron chi connectivity index (χ1n) is 5.58. The maximum absolute atomic E-state index is 11.9. The number of carboxylic acids is 1. The fourth-order valence-corrected chi connectivity index (χ4v) is 2.68. The molecule has 0 saturated carbocycles. The average molecular weight is 271 g/mol. The highest BCUT2D eigenvalue weighted by Crippen LogP contribution is 2.12. The van der Waals surface area contributed by atoms with Crippen molar-refractivity contribution in [2.45, 2.75) is 19.1 Å². The number of aryl methyl sites for hydroxylation is 1. The summed E-state index contributed by atoms with van der Waals surface area (Å²) in [6.45, 7) is 1.47. The zero-order valence-electron chi connectivity index (χ0n) is 10.5. The van der Waals surface area contributed by atoms with Gasteiger partial charge in [0.05, 0.1) is 5.75 Å². The van der Waals surface area contributed by atoms with E-state index in [0.29, 0.717) is 5.56 Å². The lowest BCUT2D eigenvalue weighted by atomic mass is 10.1. The number of aliphatic carboxylic acids is 1. The third-order valence-corrected chi connectivity index (χ3v) is 4.36. The molecule has 0 atom stereocenters. The molecule has 0 heterocycles. The largest absolute Gasteiger partial charge is 0.480 e. The highest BCUT2D eigenvalue weighted by molar-refractivity contribution is 7.88. The van der Waals surface area contributed by atoms with Gasteiger partial charge < -0.3 is 5.11 Å². The van der Waals surface area contributed by atoms with Gasteiger partial charge in [0.25, 0.3) is 0 Å². The van der Waals surface area contributed by atoms with Crippen LogP contribution in [0.4, 0.5) is 0 Å². The van der Waals surface area contributed by atoms with Gasteiger partial charge in [-0.3, -0.25) is 4.79 Å². The summed E-state index contributed by atoms with van der Waals surface area (Å²) >= 11 is 0. The van der Waals surface area contributed by atoms with E-state index in [-0.39, 0.29) is 5.75 Å². The van der Waals surface area contributed by atoms with Crippen LogP contribution in [0.3, 0.4) is 0 Å². The van der Waals surface area contributed by atoms with Gasteiger partial charge in [-0.15, -0.1) is 0 Å². The van der Waals surface area contributed by atoms with Crippen LogP contribution in [0.1, 0.15) is 18.1 Å². The topological polar surface area (TPSA) is 74.7 Å². The number of sulfonamides is 1. The Morgan fingerprint density at radius 1 is 1.33 bits per heavy atom. The van der Waals surface area contributed by atoms with E-state index in [2.05, 4.69) is 0 Å². The minimum atomic E-state index is -3.58. The summed E-state index contributed by atoms with van der Waals surface area (Å²) in [5.74, 6) is -1.34. The Hall–Kier alpha value is -1.40. The molecular weight excluding hydrogens is 254 g/mol. The molecule has 0 saturated heterocycles. The highest BCUT2D eigenvalue weighted by Gasteiger charge is 2.20. The second-order valence-corrected chi connectivity index (χ2v) is 6.16. The molecular formula is C12H17NO4S. The van der Waals surface area contributed by atoms with Gasteiger partial charge in [0.1, 0.15) is 6.54 Å². The second kappa shape index (κ2) is 5.97. The van der Waals surface area contributed by atoms with Crippen LogP contribution >= 0.6 is 0 Å². The van der Waals surface area contributed by atoms with Crippen molar-refractivity contribution in [2.24, 2.45) is 0 Å². The van der Waals surface area contributed by atoms with E-state index < -0.39 is 22.5 Å². The molecule has 1 rings (SSSR count). The molecule has 5 nitrogen and oxygen atoms in total. The predicted molar refractivity (Wildman–Crippen MR) is 68.7 cm³/mol. The van der Waals surface area contributed by atoms with Crippen LogP contribution in [-0.2, 0) is 27.0 Å². The van der Waals surface area contributed by atoms with Gasteiger partial charge in [0.15, 0.2) is 0 Å². The van der Waals surface area contributed by atoms with E-state index in [1.807, 2.05) is 19.1 Å². The molecule has 0 amide bonds. The molecule has 0 radical (unpaired) electrons. The second-order valence-electron chi connectivity index (χ2n) is 4.08. The highest BCUT2D eigenvalue weighted by atomic mass is 32.2. The van der Waals surface area contributed by atoms with Gasteiger partial charge >= 0.3 is 5.97 Å². The normalized spacial score (nSPS) is 11.7. The van der Waals surface area contributed by atoms with Crippen molar-refractivity contribution in [3.05, 3.63) is 35.4 Å². The van der Waals surface area contributed by atoms with Crippen LogP contribution in [-0.4, -0.2) is 37.4 Å². The third kappa shape index (κ3) is 4.12. The number of nitrogens with zero attached hydrogens (tertiary/aromatic N) is 1. The number of benzene rings is 1. The molecule has 1 N–H and O–H groups in total. The van der Waals surface area contributed by atoms with E-state index in [9.17, 15) is 13.2 Å². The molecule has 100 valence electrons. The summed E-state index contributed by atoms with van der Waals surface area (Å²) in [4.78, 5) is 10.5. The molecule has 0 fully saturated rings. The molecule has 0 spiro atoms. The molecule has 0 unspecified atom stereocenters. The Bertz CT molecular complexity index is 525. The van der Waals surface area contributed by atoms with E-state index in [4.69, 9.17) is 5.11 Å². The van der Waals surface area contributed by atoms with Gasteiger partial charge in [0.2, 0.25) is 10.0 Å². The first-order valence-corrected chi connectivity index (χ1v) is 7.19. The van der Waals surface area contributed by atoms with Crippen molar-refractivity contribution in [3.8, 4) is 0 Å². The SMILES string of the molecule is CCc1cccc(CS(=O)(=O)N(C)CC(=O)O)c1. The van der Waals surface area contributed by atoms with Crippen molar-refractivity contribution in [2.75, 3.05) is 13.6 Å². The van der Waals surface area contributed by atoms with Crippen molar-refractivity contribution in [1.82, 2.24) is 4.31 Å². The predicted octanol–water partition coefficient (Wildman–Crippen LogP) is 1.10. The quantitative estimate of drug-likeness (QED) is 0.840.